The highest BCUT2D eigenvalue weighted by atomic mass is 16.3. The third-order valence-corrected chi connectivity index (χ3v) is 5.92. The minimum atomic E-state index is -0.270. The van der Waals surface area contributed by atoms with Crippen LogP contribution in [0.25, 0.3) is 11.0 Å². The maximum Gasteiger partial charge on any atom is 0.228 e. The van der Waals surface area contributed by atoms with Gasteiger partial charge in [-0.1, -0.05) is 6.07 Å². The van der Waals surface area contributed by atoms with Gasteiger partial charge in [-0.25, -0.2) is 0 Å². The Morgan fingerprint density at radius 3 is 2.66 bits per heavy atom. The molecule has 154 valence electrons. The Labute approximate surface area is 170 Å². The number of fused-ring (bicyclic) bond motifs is 1. The summed E-state index contributed by atoms with van der Waals surface area (Å²) in [6.07, 6.45) is 3.00. The molecule has 3 heterocycles. The molecule has 1 unspecified atom stereocenters. The highest BCUT2D eigenvalue weighted by molar-refractivity contribution is 5.91. The van der Waals surface area contributed by atoms with Crippen molar-refractivity contribution >= 4 is 28.7 Å². The van der Waals surface area contributed by atoms with E-state index in [1.165, 1.54) is 0 Å². The van der Waals surface area contributed by atoms with Gasteiger partial charge in [0.1, 0.15) is 5.58 Å². The number of nitrogens with one attached hydrogen (secondary N) is 1. The summed E-state index contributed by atoms with van der Waals surface area (Å²) in [5.74, 6) is -0.259. The second-order valence-electron chi connectivity index (χ2n) is 8.16. The first kappa shape index (κ1) is 19.5. The second-order valence-corrected chi connectivity index (χ2v) is 8.16. The number of benzene rings is 1. The molecule has 1 atom stereocenters. The number of nitrogens with zero attached hydrogens (tertiary/aromatic N) is 2. The van der Waals surface area contributed by atoms with Gasteiger partial charge in [0.25, 0.3) is 0 Å². The lowest BCUT2D eigenvalue weighted by atomic mass is 10.0. The Morgan fingerprint density at radius 2 is 1.90 bits per heavy atom. The molecular weight excluding hydrogens is 370 g/mol. The number of aryl methyl sites for hydroxylation is 2. The minimum Gasteiger partial charge on any atom is -0.464 e. The number of carbonyl (C=O) groups is 3. The fraction of sp³-hybridized carbons (Fsp3) is 0.500. The molecule has 0 saturated carbocycles. The summed E-state index contributed by atoms with van der Waals surface area (Å²) in [6.45, 7) is 6.78. The molecule has 4 rings (SSSR count). The van der Waals surface area contributed by atoms with Crippen LogP contribution in [0.15, 0.2) is 22.8 Å². The number of carbonyl (C=O) groups excluding carboxylic acids is 3. The molecule has 29 heavy (non-hydrogen) atoms. The van der Waals surface area contributed by atoms with Crippen LogP contribution in [-0.4, -0.2) is 60.2 Å². The van der Waals surface area contributed by atoms with Crippen molar-refractivity contribution in [3.05, 3.63) is 35.1 Å². The van der Waals surface area contributed by atoms with Crippen molar-refractivity contribution in [2.24, 2.45) is 5.92 Å². The summed E-state index contributed by atoms with van der Waals surface area (Å²) in [7, 11) is 0. The third kappa shape index (κ3) is 3.99. The van der Waals surface area contributed by atoms with E-state index < -0.39 is 0 Å². The molecule has 3 amide bonds. The molecule has 1 aromatic heterocycles. The van der Waals surface area contributed by atoms with E-state index in [4.69, 9.17) is 4.42 Å². The number of hydrogen-bond acceptors (Lipinski definition) is 4. The minimum absolute atomic E-state index is 0.0180. The lowest BCUT2D eigenvalue weighted by Crippen LogP contribution is -2.40. The average Bonchev–Trinajstić information content (AvgIpc) is 3.19. The van der Waals surface area contributed by atoms with E-state index in [1.807, 2.05) is 24.8 Å². The van der Waals surface area contributed by atoms with E-state index >= 15 is 0 Å². The number of rotatable bonds is 3. The van der Waals surface area contributed by atoms with Crippen LogP contribution in [0, 0.1) is 19.8 Å². The van der Waals surface area contributed by atoms with E-state index in [9.17, 15) is 14.4 Å². The number of amides is 3. The second kappa shape index (κ2) is 7.89. The largest absolute Gasteiger partial charge is 0.464 e. The monoisotopic (exact) mass is 397 g/mol. The van der Waals surface area contributed by atoms with Gasteiger partial charge in [-0.2, -0.15) is 0 Å². The quantitative estimate of drug-likeness (QED) is 0.856. The van der Waals surface area contributed by atoms with Crippen LogP contribution < -0.4 is 5.32 Å². The van der Waals surface area contributed by atoms with E-state index in [2.05, 4.69) is 11.4 Å². The Morgan fingerprint density at radius 1 is 1.14 bits per heavy atom. The van der Waals surface area contributed by atoms with Crippen molar-refractivity contribution in [3.8, 4) is 0 Å². The molecule has 2 aromatic rings. The van der Waals surface area contributed by atoms with Crippen LogP contribution in [0.4, 0.5) is 0 Å². The van der Waals surface area contributed by atoms with E-state index in [-0.39, 0.29) is 30.1 Å². The average molecular weight is 397 g/mol. The van der Waals surface area contributed by atoms with E-state index in [0.717, 1.165) is 34.1 Å². The van der Waals surface area contributed by atoms with E-state index in [1.54, 1.807) is 11.2 Å². The summed E-state index contributed by atoms with van der Waals surface area (Å²) >= 11 is 0. The molecule has 0 radical (unpaired) electrons. The summed E-state index contributed by atoms with van der Waals surface area (Å²) in [6, 6.07) is 4.10. The van der Waals surface area contributed by atoms with Gasteiger partial charge < -0.3 is 19.5 Å². The first-order valence-electron chi connectivity index (χ1n) is 10.2. The normalized spacial score (nSPS) is 20.1. The van der Waals surface area contributed by atoms with Gasteiger partial charge in [0, 0.05) is 50.1 Å². The van der Waals surface area contributed by atoms with Crippen LogP contribution in [0.2, 0.25) is 0 Å². The number of hydrogen-bond donors (Lipinski definition) is 1. The van der Waals surface area contributed by atoms with Crippen molar-refractivity contribution in [2.45, 2.75) is 33.1 Å². The smallest absolute Gasteiger partial charge is 0.228 e. The van der Waals surface area contributed by atoms with Crippen LogP contribution in [0.3, 0.4) is 0 Å². The lowest BCUT2D eigenvalue weighted by Gasteiger charge is -2.24. The molecule has 7 nitrogen and oxygen atoms in total. The number of furan rings is 1. The zero-order valence-electron chi connectivity index (χ0n) is 17.0. The van der Waals surface area contributed by atoms with Crippen LogP contribution in [0.1, 0.15) is 29.5 Å². The maximum absolute atomic E-state index is 12.9. The standard InChI is InChI=1S/C22H27N3O4/c1-14-8-15(2)21-17(13-29-18(21)9-14)11-20(27)24-4-3-5-25(7-6-24)22(28)16-10-19(26)23-12-16/h8-9,13,16H,3-7,10-12H2,1-2H3,(H,23,26). The molecule has 2 aliphatic rings. The Bertz CT molecular complexity index is 964. The van der Waals surface area contributed by atoms with Crippen molar-refractivity contribution < 1.29 is 18.8 Å². The van der Waals surface area contributed by atoms with Crippen LogP contribution in [0.5, 0.6) is 0 Å². The zero-order chi connectivity index (χ0) is 20.5. The fourth-order valence-corrected chi connectivity index (χ4v) is 4.46. The molecule has 0 spiro atoms. The zero-order valence-corrected chi connectivity index (χ0v) is 17.0. The summed E-state index contributed by atoms with van der Waals surface area (Å²) in [5.41, 5.74) is 3.98. The molecule has 2 fully saturated rings. The SMILES string of the molecule is Cc1cc(C)c2c(CC(=O)N3CCCN(C(=O)C4CNC(=O)C4)CC3)coc2c1. The summed E-state index contributed by atoms with van der Waals surface area (Å²) in [5, 5.41) is 3.74. The van der Waals surface area contributed by atoms with Gasteiger partial charge >= 0.3 is 0 Å². The third-order valence-electron chi connectivity index (χ3n) is 5.92. The first-order valence-corrected chi connectivity index (χ1v) is 10.2. The molecule has 2 aliphatic heterocycles. The molecule has 1 aromatic carbocycles. The molecule has 1 N–H and O–H groups in total. The lowest BCUT2D eigenvalue weighted by molar-refractivity contribution is -0.136. The topological polar surface area (TPSA) is 82.9 Å². The van der Waals surface area contributed by atoms with Gasteiger partial charge in [-0.15, -0.1) is 0 Å². The van der Waals surface area contributed by atoms with Crippen LogP contribution in [-0.2, 0) is 20.8 Å². The van der Waals surface area contributed by atoms with Gasteiger partial charge in [0.05, 0.1) is 18.6 Å². The van der Waals surface area contributed by atoms with Gasteiger partial charge in [-0.3, -0.25) is 14.4 Å². The Hall–Kier alpha value is -2.83. The van der Waals surface area contributed by atoms with Crippen molar-refractivity contribution in [1.29, 1.82) is 0 Å². The molecule has 0 bridgehead atoms. The van der Waals surface area contributed by atoms with Gasteiger partial charge in [0.15, 0.2) is 0 Å². The van der Waals surface area contributed by atoms with Crippen molar-refractivity contribution in [3.63, 3.8) is 0 Å². The first-order chi connectivity index (χ1) is 13.9. The van der Waals surface area contributed by atoms with Gasteiger partial charge in [-0.05, 0) is 37.5 Å². The van der Waals surface area contributed by atoms with E-state index in [0.29, 0.717) is 39.1 Å². The van der Waals surface area contributed by atoms with Gasteiger partial charge in [0.2, 0.25) is 17.7 Å². The Balaban J connectivity index is 1.40. The summed E-state index contributed by atoms with van der Waals surface area (Å²) < 4.78 is 5.68. The van der Waals surface area contributed by atoms with Crippen molar-refractivity contribution in [2.75, 3.05) is 32.7 Å². The summed E-state index contributed by atoms with van der Waals surface area (Å²) in [4.78, 5) is 40.6. The predicted octanol–water partition coefficient (Wildman–Crippen LogP) is 1.79. The molecule has 2 saturated heterocycles. The molecule has 7 heteroatoms. The highest BCUT2D eigenvalue weighted by Crippen LogP contribution is 2.27. The van der Waals surface area contributed by atoms with Crippen LogP contribution >= 0.6 is 0 Å². The highest BCUT2D eigenvalue weighted by Gasteiger charge is 2.32. The molecule has 0 aliphatic carbocycles. The molecular formula is C22H27N3O4. The maximum atomic E-state index is 12.9. The Kier molecular flexibility index (Phi) is 5.30. The fourth-order valence-electron chi connectivity index (χ4n) is 4.46. The van der Waals surface area contributed by atoms with Crippen molar-refractivity contribution in [1.82, 2.24) is 15.1 Å². The predicted molar refractivity (Wildman–Crippen MR) is 108 cm³/mol.